The second-order valence-corrected chi connectivity index (χ2v) is 10.0. The minimum absolute atomic E-state index is 0.00135. The van der Waals surface area contributed by atoms with Crippen LogP contribution in [0.1, 0.15) is 52.9 Å². The molecular formula is C29H33N3O3. The van der Waals surface area contributed by atoms with Crippen molar-refractivity contribution in [3.8, 4) is 0 Å². The predicted molar refractivity (Wildman–Crippen MR) is 136 cm³/mol. The van der Waals surface area contributed by atoms with E-state index >= 15 is 0 Å². The third kappa shape index (κ3) is 5.22. The molecule has 6 nitrogen and oxygen atoms in total. The third-order valence-corrected chi connectivity index (χ3v) is 7.39. The van der Waals surface area contributed by atoms with Crippen LogP contribution < -0.4 is 5.32 Å². The molecule has 35 heavy (non-hydrogen) atoms. The number of amides is 2. The molecule has 1 spiro atoms. The Morgan fingerprint density at radius 1 is 1.06 bits per heavy atom. The fraction of sp³-hybridized carbons (Fsp3) is 0.414. The van der Waals surface area contributed by atoms with Crippen LogP contribution in [0.4, 0.5) is 0 Å². The van der Waals surface area contributed by atoms with Gasteiger partial charge in [-0.25, -0.2) is 0 Å². The molecule has 0 saturated carbocycles. The van der Waals surface area contributed by atoms with Crippen molar-refractivity contribution >= 4 is 22.7 Å². The highest BCUT2D eigenvalue weighted by Gasteiger charge is 2.43. The minimum Gasteiger partial charge on any atom is -0.370 e. The zero-order valence-corrected chi connectivity index (χ0v) is 20.5. The number of nitrogens with zero attached hydrogens (tertiary/aromatic N) is 2. The molecule has 2 fully saturated rings. The zero-order chi connectivity index (χ0) is 24.4. The summed E-state index contributed by atoms with van der Waals surface area (Å²) >= 11 is 0. The Bertz CT molecular complexity index is 1230. The summed E-state index contributed by atoms with van der Waals surface area (Å²) in [6.07, 6.45) is 4.06. The molecule has 3 heterocycles. The van der Waals surface area contributed by atoms with Gasteiger partial charge in [0.05, 0.1) is 29.2 Å². The van der Waals surface area contributed by atoms with E-state index in [4.69, 9.17) is 4.74 Å². The number of fused-ring (bicyclic) bond motifs is 1. The van der Waals surface area contributed by atoms with E-state index in [9.17, 15) is 9.59 Å². The van der Waals surface area contributed by atoms with Crippen LogP contribution >= 0.6 is 0 Å². The zero-order valence-electron chi connectivity index (χ0n) is 20.5. The van der Waals surface area contributed by atoms with Crippen LogP contribution in [-0.4, -0.2) is 53.0 Å². The highest BCUT2D eigenvalue weighted by atomic mass is 16.5. The molecule has 2 amide bonds. The fourth-order valence-corrected chi connectivity index (χ4v) is 5.41. The van der Waals surface area contributed by atoms with Gasteiger partial charge >= 0.3 is 0 Å². The van der Waals surface area contributed by atoms with E-state index in [2.05, 4.69) is 10.3 Å². The number of hydrogen-bond donors (Lipinski definition) is 1. The van der Waals surface area contributed by atoms with Crippen molar-refractivity contribution in [1.29, 1.82) is 0 Å². The molecule has 0 unspecified atom stereocenters. The summed E-state index contributed by atoms with van der Waals surface area (Å²) in [7, 11) is 0. The topological polar surface area (TPSA) is 71.5 Å². The number of likely N-dealkylation sites (tertiary alicyclic amines) is 1. The molecular weight excluding hydrogens is 438 g/mol. The van der Waals surface area contributed by atoms with Gasteiger partial charge < -0.3 is 15.0 Å². The van der Waals surface area contributed by atoms with E-state index in [1.54, 1.807) is 0 Å². The fourth-order valence-electron chi connectivity index (χ4n) is 5.41. The highest BCUT2D eigenvalue weighted by Crippen LogP contribution is 2.39. The number of pyridine rings is 1. The maximum Gasteiger partial charge on any atom is 0.252 e. The van der Waals surface area contributed by atoms with Gasteiger partial charge in [0.1, 0.15) is 0 Å². The summed E-state index contributed by atoms with van der Waals surface area (Å²) in [5.41, 5.74) is 4.32. The lowest BCUT2D eigenvalue weighted by Crippen LogP contribution is -2.47. The smallest absolute Gasteiger partial charge is 0.252 e. The van der Waals surface area contributed by atoms with Crippen LogP contribution in [0.15, 0.2) is 54.6 Å². The van der Waals surface area contributed by atoms with E-state index in [0.29, 0.717) is 18.5 Å². The number of rotatable bonds is 5. The van der Waals surface area contributed by atoms with Crippen molar-refractivity contribution in [3.05, 3.63) is 77.0 Å². The first-order valence-corrected chi connectivity index (χ1v) is 12.6. The molecule has 5 rings (SSSR count). The standard InChI is InChI=1S/C29H33N3O3/c1-20-8-9-26-24(16-20)25(17-21(2)31-26)28(34)30-19-23-10-11-29(35-23)12-14-32(15-13-29)27(33)18-22-6-4-3-5-7-22/h3-9,16-17,23H,10-15,18-19H2,1-2H3,(H,30,34)/t23-/m0/s1. The first-order valence-electron chi connectivity index (χ1n) is 12.6. The quantitative estimate of drug-likeness (QED) is 0.600. The van der Waals surface area contributed by atoms with Crippen LogP contribution in [0.5, 0.6) is 0 Å². The summed E-state index contributed by atoms with van der Waals surface area (Å²) in [4.78, 5) is 32.3. The van der Waals surface area contributed by atoms with E-state index in [1.807, 2.05) is 73.3 Å². The largest absolute Gasteiger partial charge is 0.370 e. The maximum absolute atomic E-state index is 13.1. The molecule has 1 N–H and O–H groups in total. The molecule has 3 aromatic rings. The number of nitrogens with one attached hydrogen (secondary N) is 1. The average molecular weight is 472 g/mol. The number of aromatic nitrogens is 1. The van der Waals surface area contributed by atoms with Gasteiger partial charge in [0.2, 0.25) is 5.91 Å². The Kier molecular flexibility index (Phi) is 6.56. The van der Waals surface area contributed by atoms with Crippen LogP contribution in [-0.2, 0) is 16.0 Å². The number of carbonyl (C=O) groups excluding carboxylic acids is 2. The SMILES string of the molecule is Cc1ccc2nc(C)cc(C(=O)NC[C@@H]3CCC4(CCN(C(=O)Cc5ccccc5)CC4)O3)c2c1. The molecule has 1 atom stereocenters. The lowest BCUT2D eigenvalue weighted by atomic mass is 9.88. The van der Waals surface area contributed by atoms with Crippen LogP contribution in [0.25, 0.3) is 10.9 Å². The van der Waals surface area contributed by atoms with Crippen molar-refractivity contribution in [2.75, 3.05) is 19.6 Å². The van der Waals surface area contributed by atoms with Crippen molar-refractivity contribution in [2.45, 2.75) is 57.7 Å². The van der Waals surface area contributed by atoms with E-state index in [-0.39, 0.29) is 23.5 Å². The molecule has 6 heteroatoms. The lowest BCUT2D eigenvalue weighted by molar-refractivity contribution is -0.136. The number of aryl methyl sites for hydroxylation is 2. The number of carbonyl (C=O) groups is 2. The summed E-state index contributed by atoms with van der Waals surface area (Å²) in [6.45, 7) is 5.88. The molecule has 1 aromatic heterocycles. The number of benzene rings is 2. The maximum atomic E-state index is 13.1. The van der Waals surface area contributed by atoms with Crippen LogP contribution in [0, 0.1) is 13.8 Å². The average Bonchev–Trinajstić information content (AvgIpc) is 3.25. The number of piperidine rings is 1. The predicted octanol–water partition coefficient (Wildman–Crippen LogP) is 4.36. The third-order valence-electron chi connectivity index (χ3n) is 7.39. The van der Waals surface area contributed by atoms with E-state index < -0.39 is 0 Å². The van der Waals surface area contributed by atoms with Gasteiger partial charge in [-0.2, -0.15) is 0 Å². The monoisotopic (exact) mass is 471 g/mol. The Labute approximate surface area is 206 Å². The minimum atomic E-state index is -0.171. The summed E-state index contributed by atoms with van der Waals surface area (Å²) in [6, 6.07) is 17.8. The molecule has 182 valence electrons. The first-order chi connectivity index (χ1) is 16.9. The van der Waals surface area contributed by atoms with Gasteiger partial charge in [-0.1, -0.05) is 42.0 Å². The number of hydrogen-bond acceptors (Lipinski definition) is 4. The Hall–Kier alpha value is -3.25. The Morgan fingerprint density at radius 2 is 1.83 bits per heavy atom. The molecule has 0 bridgehead atoms. The van der Waals surface area contributed by atoms with Gasteiger partial charge in [0.15, 0.2) is 0 Å². The summed E-state index contributed by atoms with van der Waals surface area (Å²) in [5, 5.41) is 3.98. The summed E-state index contributed by atoms with van der Waals surface area (Å²) < 4.78 is 6.49. The molecule has 2 saturated heterocycles. The van der Waals surface area contributed by atoms with Gasteiger partial charge in [-0.15, -0.1) is 0 Å². The second kappa shape index (κ2) is 9.78. The van der Waals surface area contributed by atoms with Crippen LogP contribution in [0.2, 0.25) is 0 Å². The van der Waals surface area contributed by atoms with Gasteiger partial charge in [-0.05, 0) is 63.3 Å². The van der Waals surface area contributed by atoms with Gasteiger partial charge in [-0.3, -0.25) is 14.6 Å². The molecule has 0 aliphatic carbocycles. The van der Waals surface area contributed by atoms with Gasteiger partial charge in [0, 0.05) is 30.7 Å². The van der Waals surface area contributed by atoms with Gasteiger partial charge in [0.25, 0.3) is 5.91 Å². The molecule has 2 aliphatic heterocycles. The normalized spacial score (nSPS) is 19.3. The van der Waals surface area contributed by atoms with Crippen molar-refractivity contribution < 1.29 is 14.3 Å². The number of ether oxygens (including phenoxy) is 1. The molecule has 2 aliphatic rings. The Balaban J connectivity index is 1.15. The molecule has 0 radical (unpaired) electrons. The van der Waals surface area contributed by atoms with Crippen LogP contribution in [0.3, 0.4) is 0 Å². The van der Waals surface area contributed by atoms with E-state index in [1.165, 1.54) is 0 Å². The Morgan fingerprint density at radius 3 is 2.60 bits per heavy atom. The molecule has 2 aromatic carbocycles. The van der Waals surface area contributed by atoms with Crippen molar-refractivity contribution in [1.82, 2.24) is 15.2 Å². The lowest BCUT2D eigenvalue weighted by Gasteiger charge is -2.39. The highest BCUT2D eigenvalue weighted by molar-refractivity contribution is 6.06. The van der Waals surface area contributed by atoms with Crippen molar-refractivity contribution in [2.24, 2.45) is 0 Å². The first kappa shape index (κ1) is 23.5. The summed E-state index contributed by atoms with van der Waals surface area (Å²) in [5.74, 6) is 0.0972. The van der Waals surface area contributed by atoms with E-state index in [0.717, 1.165) is 66.5 Å². The second-order valence-electron chi connectivity index (χ2n) is 10.0. The van der Waals surface area contributed by atoms with Crippen molar-refractivity contribution in [3.63, 3.8) is 0 Å².